The summed E-state index contributed by atoms with van der Waals surface area (Å²) < 4.78 is 0. The molecule has 0 bridgehead atoms. The van der Waals surface area contributed by atoms with E-state index in [0.717, 1.165) is 24.9 Å². The zero-order valence-electron chi connectivity index (χ0n) is 10.3. The number of rotatable bonds is 4. The summed E-state index contributed by atoms with van der Waals surface area (Å²) in [6.07, 6.45) is 2.12. The molecule has 0 aliphatic heterocycles. The summed E-state index contributed by atoms with van der Waals surface area (Å²) in [4.78, 5) is 13.8. The van der Waals surface area contributed by atoms with Crippen LogP contribution in [0.3, 0.4) is 0 Å². The minimum absolute atomic E-state index is 0.0539. The second-order valence-electron chi connectivity index (χ2n) is 4.10. The largest absolute Gasteiger partial charge is 0.398 e. The number of benzene rings is 1. The molecule has 0 aromatic heterocycles. The average molecular weight is 220 g/mol. The number of carbonyl (C=O) groups excluding carboxylic acids is 1. The van der Waals surface area contributed by atoms with E-state index in [-0.39, 0.29) is 5.91 Å². The highest BCUT2D eigenvalue weighted by Crippen LogP contribution is 2.17. The van der Waals surface area contributed by atoms with Crippen molar-refractivity contribution in [3.63, 3.8) is 0 Å². The van der Waals surface area contributed by atoms with Crippen molar-refractivity contribution < 1.29 is 4.79 Å². The highest BCUT2D eigenvalue weighted by molar-refractivity contribution is 5.96. The first-order valence-corrected chi connectivity index (χ1v) is 5.68. The molecule has 3 nitrogen and oxygen atoms in total. The molecule has 1 rings (SSSR count). The van der Waals surface area contributed by atoms with E-state index in [1.807, 2.05) is 32.2 Å². The van der Waals surface area contributed by atoms with Crippen molar-refractivity contribution in [1.82, 2.24) is 4.90 Å². The minimum atomic E-state index is 0.0539. The summed E-state index contributed by atoms with van der Waals surface area (Å²) in [5.41, 5.74) is 8.04. The lowest BCUT2D eigenvalue weighted by Gasteiger charge is -2.18. The second kappa shape index (κ2) is 5.54. The molecule has 2 N–H and O–H groups in total. The molecule has 1 amide bonds. The predicted molar refractivity (Wildman–Crippen MR) is 67.5 cm³/mol. The summed E-state index contributed by atoms with van der Waals surface area (Å²) in [6, 6.07) is 5.47. The van der Waals surface area contributed by atoms with Gasteiger partial charge >= 0.3 is 0 Å². The van der Waals surface area contributed by atoms with Crippen LogP contribution in [-0.2, 0) is 0 Å². The number of hydrogen-bond acceptors (Lipinski definition) is 2. The van der Waals surface area contributed by atoms with E-state index in [9.17, 15) is 4.79 Å². The van der Waals surface area contributed by atoms with E-state index in [2.05, 4.69) is 6.92 Å². The molecule has 0 atom stereocenters. The number of nitrogen functional groups attached to an aromatic ring is 1. The molecule has 3 heteroatoms. The van der Waals surface area contributed by atoms with Crippen molar-refractivity contribution in [2.75, 3.05) is 19.3 Å². The molecular formula is C13H20N2O. The van der Waals surface area contributed by atoms with Gasteiger partial charge < -0.3 is 10.6 Å². The van der Waals surface area contributed by atoms with Crippen molar-refractivity contribution in [1.29, 1.82) is 0 Å². The van der Waals surface area contributed by atoms with Gasteiger partial charge in [0, 0.05) is 24.8 Å². The van der Waals surface area contributed by atoms with Gasteiger partial charge in [0.15, 0.2) is 0 Å². The molecular weight excluding hydrogens is 200 g/mol. The Bertz CT molecular complexity index is 374. The van der Waals surface area contributed by atoms with Gasteiger partial charge in [-0.25, -0.2) is 0 Å². The van der Waals surface area contributed by atoms with Crippen LogP contribution in [-0.4, -0.2) is 24.4 Å². The highest BCUT2D eigenvalue weighted by Gasteiger charge is 2.14. The van der Waals surface area contributed by atoms with Crippen LogP contribution in [0.25, 0.3) is 0 Å². The summed E-state index contributed by atoms with van der Waals surface area (Å²) >= 11 is 0. The molecule has 0 radical (unpaired) electrons. The van der Waals surface area contributed by atoms with E-state index in [1.54, 1.807) is 4.90 Å². The Kier molecular flexibility index (Phi) is 4.35. The molecule has 1 aromatic carbocycles. The van der Waals surface area contributed by atoms with E-state index < -0.39 is 0 Å². The third-order valence-electron chi connectivity index (χ3n) is 2.80. The first-order chi connectivity index (χ1) is 7.57. The maximum Gasteiger partial charge on any atom is 0.253 e. The fraction of sp³-hybridized carbons (Fsp3) is 0.462. The number of unbranched alkanes of at least 4 members (excludes halogenated alkanes) is 1. The second-order valence-corrected chi connectivity index (χ2v) is 4.10. The minimum Gasteiger partial charge on any atom is -0.398 e. The number of amides is 1. The maximum atomic E-state index is 12.1. The van der Waals surface area contributed by atoms with Gasteiger partial charge in [0.25, 0.3) is 5.91 Å². The van der Waals surface area contributed by atoms with E-state index in [1.165, 1.54) is 0 Å². The molecule has 0 aliphatic rings. The quantitative estimate of drug-likeness (QED) is 0.792. The molecule has 0 saturated carbocycles. The van der Waals surface area contributed by atoms with Gasteiger partial charge in [0.05, 0.1) is 0 Å². The molecule has 0 fully saturated rings. The van der Waals surface area contributed by atoms with Crippen LogP contribution in [0.5, 0.6) is 0 Å². The Labute approximate surface area is 97.2 Å². The Morgan fingerprint density at radius 2 is 2.12 bits per heavy atom. The van der Waals surface area contributed by atoms with Crippen molar-refractivity contribution in [3.8, 4) is 0 Å². The molecule has 0 saturated heterocycles. The predicted octanol–water partition coefficient (Wildman–Crippen LogP) is 2.45. The average Bonchev–Trinajstić information content (AvgIpc) is 2.28. The van der Waals surface area contributed by atoms with Crippen LogP contribution in [0.4, 0.5) is 5.69 Å². The van der Waals surface area contributed by atoms with Crippen LogP contribution >= 0.6 is 0 Å². The van der Waals surface area contributed by atoms with E-state index >= 15 is 0 Å². The normalized spacial score (nSPS) is 10.2. The lowest BCUT2D eigenvalue weighted by atomic mass is 10.1. The zero-order valence-corrected chi connectivity index (χ0v) is 10.3. The van der Waals surface area contributed by atoms with Crippen LogP contribution < -0.4 is 5.73 Å². The number of nitrogens with two attached hydrogens (primary N) is 1. The molecule has 0 heterocycles. The molecule has 0 spiro atoms. The third kappa shape index (κ3) is 2.75. The molecule has 88 valence electrons. The van der Waals surface area contributed by atoms with Crippen LogP contribution in [0.2, 0.25) is 0 Å². The Hall–Kier alpha value is -1.51. The van der Waals surface area contributed by atoms with Gasteiger partial charge in [-0.3, -0.25) is 4.79 Å². The van der Waals surface area contributed by atoms with Gasteiger partial charge in [0.2, 0.25) is 0 Å². The topological polar surface area (TPSA) is 46.3 Å². The molecule has 0 unspecified atom stereocenters. The number of hydrogen-bond donors (Lipinski definition) is 1. The fourth-order valence-electron chi connectivity index (χ4n) is 1.59. The summed E-state index contributed by atoms with van der Waals surface area (Å²) in [5.74, 6) is 0.0539. The third-order valence-corrected chi connectivity index (χ3v) is 2.80. The van der Waals surface area contributed by atoms with Crippen LogP contribution in [0, 0.1) is 6.92 Å². The van der Waals surface area contributed by atoms with Crippen molar-refractivity contribution in [2.45, 2.75) is 26.7 Å². The molecule has 1 aromatic rings. The van der Waals surface area contributed by atoms with E-state index in [4.69, 9.17) is 5.73 Å². The fourth-order valence-corrected chi connectivity index (χ4v) is 1.59. The Morgan fingerprint density at radius 3 is 2.75 bits per heavy atom. The maximum absolute atomic E-state index is 12.1. The smallest absolute Gasteiger partial charge is 0.253 e. The van der Waals surface area contributed by atoms with Gasteiger partial charge in [-0.05, 0) is 31.0 Å². The Morgan fingerprint density at radius 1 is 1.44 bits per heavy atom. The monoisotopic (exact) mass is 220 g/mol. The highest BCUT2D eigenvalue weighted by atomic mass is 16.2. The summed E-state index contributed by atoms with van der Waals surface area (Å²) in [6.45, 7) is 4.80. The van der Waals surface area contributed by atoms with Crippen molar-refractivity contribution in [3.05, 3.63) is 29.3 Å². The summed E-state index contributed by atoms with van der Waals surface area (Å²) in [7, 11) is 1.83. The number of carbonyl (C=O) groups is 1. The van der Waals surface area contributed by atoms with Crippen molar-refractivity contribution >= 4 is 11.6 Å². The number of anilines is 1. The summed E-state index contributed by atoms with van der Waals surface area (Å²) in [5, 5.41) is 0. The van der Waals surface area contributed by atoms with Gasteiger partial charge in [0.1, 0.15) is 0 Å². The first-order valence-electron chi connectivity index (χ1n) is 5.68. The van der Waals surface area contributed by atoms with Crippen molar-refractivity contribution in [2.24, 2.45) is 0 Å². The zero-order chi connectivity index (χ0) is 12.1. The molecule has 16 heavy (non-hydrogen) atoms. The van der Waals surface area contributed by atoms with Gasteiger partial charge in [-0.15, -0.1) is 0 Å². The van der Waals surface area contributed by atoms with Gasteiger partial charge in [-0.2, -0.15) is 0 Å². The standard InChI is InChI=1S/C13H20N2O/c1-4-5-9-15(3)13(16)11-7-6-8-12(14)10(11)2/h6-8H,4-5,9,14H2,1-3H3. The SMILES string of the molecule is CCCCN(C)C(=O)c1cccc(N)c1C. The lowest BCUT2D eigenvalue weighted by Crippen LogP contribution is -2.28. The van der Waals surface area contributed by atoms with Crippen LogP contribution in [0.15, 0.2) is 18.2 Å². The lowest BCUT2D eigenvalue weighted by molar-refractivity contribution is 0.0792. The van der Waals surface area contributed by atoms with E-state index in [0.29, 0.717) is 11.3 Å². The first kappa shape index (κ1) is 12.6. The molecule has 0 aliphatic carbocycles. The Balaban J connectivity index is 2.84. The number of nitrogens with zero attached hydrogens (tertiary/aromatic N) is 1. The van der Waals surface area contributed by atoms with Gasteiger partial charge in [-0.1, -0.05) is 19.4 Å². The van der Waals surface area contributed by atoms with Crippen LogP contribution in [0.1, 0.15) is 35.7 Å².